The second-order valence-electron chi connectivity index (χ2n) is 2.50. The predicted octanol–water partition coefficient (Wildman–Crippen LogP) is 2.16. The average molecular weight is 268 g/mol. The van der Waals surface area contributed by atoms with Crippen molar-refractivity contribution < 1.29 is 13.3 Å². The van der Waals surface area contributed by atoms with Gasteiger partial charge in [-0.05, 0) is 6.07 Å². The van der Waals surface area contributed by atoms with Gasteiger partial charge >= 0.3 is 0 Å². The highest BCUT2D eigenvalue weighted by molar-refractivity contribution is 8.13. The van der Waals surface area contributed by atoms with Gasteiger partial charge < -0.3 is 4.84 Å². The van der Waals surface area contributed by atoms with Crippen LogP contribution in [0.2, 0.25) is 0 Å². The Kier molecular flexibility index (Phi) is 3.96. The molecule has 1 rings (SSSR count). The quantitative estimate of drug-likeness (QED) is 0.479. The molecular formula is C8H7Cl2NO3S. The Morgan fingerprint density at radius 1 is 1.40 bits per heavy atom. The molecule has 0 bridgehead atoms. The average Bonchev–Trinajstić information content (AvgIpc) is 2.17. The normalized spacial score (nSPS) is 12.6. The van der Waals surface area contributed by atoms with E-state index in [1.165, 1.54) is 25.3 Å². The Morgan fingerprint density at radius 3 is 2.53 bits per heavy atom. The third-order valence-corrected chi connectivity index (χ3v) is 3.20. The van der Waals surface area contributed by atoms with Crippen LogP contribution in [0.25, 0.3) is 0 Å². The van der Waals surface area contributed by atoms with E-state index < -0.39 is 9.05 Å². The lowest BCUT2D eigenvalue weighted by atomic mass is 10.2. The van der Waals surface area contributed by atoms with Crippen LogP contribution >= 0.6 is 22.3 Å². The molecule has 0 aliphatic carbocycles. The molecule has 0 atom stereocenters. The number of hydrogen-bond donors (Lipinski definition) is 0. The molecule has 0 aliphatic heterocycles. The van der Waals surface area contributed by atoms with Gasteiger partial charge in [0.05, 0.1) is 4.90 Å². The van der Waals surface area contributed by atoms with Crippen molar-refractivity contribution in [3.05, 3.63) is 29.8 Å². The van der Waals surface area contributed by atoms with Crippen molar-refractivity contribution in [1.29, 1.82) is 0 Å². The van der Waals surface area contributed by atoms with E-state index in [1.54, 1.807) is 6.07 Å². The lowest BCUT2D eigenvalue weighted by Gasteiger charge is -2.03. The molecule has 1 aromatic rings. The topological polar surface area (TPSA) is 55.7 Å². The van der Waals surface area contributed by atoms with E-state index in [2.05, 4.69) is 9.99 Å². The smallest absolute Gasteiger partial charge is 0.262 e. The van der Waals surface area contributed by atoms with Crippen molar-refractivity contribution in [3.8, 4) is 0 Å². The molecule has 15 heavy (non-hydrogen) atoms. The summed E-state index contributed by atoms with van der Waals surface area (Å²) in [5.41, 5.74) is 0.205. The van der Waals surface area contributed by atoms with E-state index in [0.717, 1.165) is 0 Å². The molecule has 0 fully saturated rings. The molecule has 0 N–H and O–H groups in total. The van der Waals surface area contributed by atoms with Gasteiger partial charge in [0.25, 0.3) is 9.05 Å². The summed E-state index contributed by atoms with van der Waals surface area (Å²) in [7, 11) is 2.69. The molecule has 0 unspecified atom stereocenters. The third-order valence-electron chi connectivity index (χ3n) is 1.54. The molecule has 1 aromatic carbocycles. The first kappa shape index (κ1) is 12.3. The van der Waals surface area contributed by atoms with Crippen LogP contribution in [0.4, 0.5) is 0 Å². The number of rotatable bonds is 3. The monoisotopic (exact) mass is 267 g/mol. The van der Waals surface area contributed by atoms with Crippen molar-refractivity contribution >= 4 is 36.5 Å². The van der Waals surface area contributed by atoms with Crippen LogP contribution in [0, 0.1) is 0 Å². The number of hydrogen-bond acceptors (Lipinski definition) is 4. The number of benzene rings is 1. The highest BCUT2D eigenvalue weighted by Gasteiger charge is 2.17. The first-order valence-electron chi connectivity index (χ1n) is 3.77. The second kappa shape index (κ2) is 4.83. The molecular weight excluding hydrogens is 261 g/mol. The largest absolute Gasteiger partial charge is 0.398 e. The van der Waals surface area contributed by atoms with Crippen LogP contribution in [-0.2, 0) is 13.9 Å². The van der Waals surface area contributed by atoms with Crippen LogP contribution < -0.4 is 0 Å². The Bertz CT molecular complexity index is 484. The van der Waals surface area contributed by atoms with E-state index >= 15 is 0 Å². The van der Waals surface area contributed by atoms with Gasteiger partial charge in [0.15, 0.2) is 5.17 Å². The summed E-state index contributed by atoms with van der Waals surface area (Å²) >= 11 is 5.72. The van der Waals surface area contributed by atoms with Crippen LogP contribution in [0.3, 0.4) is 0 Å². The summed E-state index contributed by atoms with van der Waals surface area (Å²) in [5, 5.41) is 3.36. The van der Waals surface area contributed by atoms with Crippen LogP contribution in [0.5, 0.6) is 0 Å². The van der Waals surface area contributed by atoms with Crippen molar-refractivity contribution in [2.45, 2.75) is 4.90 Å². The van der Waals surface area contributed by atoms with Gasteiger partial charge in [0, 0.05) is 16.2 Å². The summed E-state index contributed by atoms with van der Waals surface area (Å²) < 4.78 is 22.3. The third kappa shape index (κ3) is 3.09. The van der Waals surface area contributed by atoms with Crippen LogP contribution in [0.15, 0.2) is 34.3 Å². The molecule has 4 nitrogen and oxygen atoms in total. The minimum atomic E-state index is -3.85. The van der Waals surface area contributed by atoms with Gasteiger partial charge in [-0.25, -0.2) is 8.42 Å². The molecule has 0 aromatic heterocycles. The Balaban J connectivity index is 3.37. The van der Waals surface area contributed by atoms with Crippen molar-refractivity contribution in [2.24, 2.45) is 5.16 Å². The summed E-state index contributed by atoms with van der Waals surface area (Å²) in [6, 6.07) is 5.98. The van der Waals surface area contributed by atoms with Gasteiger partial charge in [0.2, 0.25) is 0 Å². The van der Waals surface area contributed by atoms with Gasteiger partial charge in [-0.2, -0.15) is 0 Å². The Labute approximate surface area is 96.9 Å². The van der Waals surface area contributed by atoms with Crippen molar-refractivity contribution in [2.75, 3.05) is 7.11 Å². The first-order chi connectivity index (χ1) is 6.96. The van der Waals surface area contributed by atoms with Crippen LogP contribution in [0.1, 0.15) is 5.56 Å². The molecule has 0 heterocycles. The summed E-state index contributed by atoms with van der Waals surface area (Å²) in [6.45, 7) is 0. The fourth-order valence-electron chi connectivity index (χ4n) is 0.979. The Morgan fingerprint density at radius 2 is 2.00 bits per heavy atom. The first-order valence-corrected chi connectivity index (χ1v) is 6.46. The minimum Gasteiger partial charge on any atom is -0.398 e. The van der Waals surface area contributed by atoms with E-state index in [1.807, 2.05) is 0 Å². The molecule has 0 saturated carbocycles. The zero-order valence-electron chi connectivity index (χ0n) is 7.65. The van der Waals surface area contributed by atoms with Crippen molar-refractivity contribution in [3.63, 3.8) is 0 Å². The van der Waals surface area contributed by atoms with Gasteiger partial charge in [-0.15, -0.1) is 0 Å². The van der Waals surface area contributed by atoms with E-state index in [-0.39, 0.29) is 15.6 Å². The van der Waals surface area contributed by atoms with Gasteiger partial charge in [-0.1, -0.05) is 35.0 Å². The van der Waals surface area contributed by atoms with E-state index in [9.17, 15) is 8.42 Å². The number of nitrogens with zero attached hydrogens (tertiary/aromatic N) is 1. The molecule has 7 heteroatoms. The van der Waals surface area contributed by atoms with Gasteiger partial charge in [-0.3, -0.25) is 0 Å². The zero-order chi connectivity index (χ0) is 11.5. The van der Waals surface area contributed by atoms with E-state index in [0.29, 0.717) is 0 Å². The Hall–Kier alpha value is -0.780. The molecule has 0 saturated heterocycles. The minimum absolute atomic E-state index is 0.0719. The summed E-state index contributed by atoms with van der Waals surface area (Å²) in [4.78, 5) is 4.34. The van der Waals surface area contributed by atoms with Crippen molar-refractivity contribution in [1.82, 2.24) is 0 Å². The zero-order valence-corrected chi connectivity index (χ0v) is 9.97. The molecule has 0 spiro atoms. The standard InChI is InChI=1S/C8H7Cl2NO3S/c1-14-11-8(9)6-4-2-3-5-7(6)15(10,12)13/h2-5H,1H3/b11-8-. The second-order valence-corrected chi connectivity index (χ2v) is 5.39. The summed E-state index contributed by atoms with van der Waals surface area (Å²) in [5.74, 6) is 0. The maximum absolute atomic E-state index is 11.2. The van der Waals surface area contributed by atoms with Gasteiger partial charge in [0.1, 0.15) is 7.11 Å². The highest BCUT2D eigenvalue weighted by atomic mass is 35.7. The lowest BCUT2D eigenvalue weighted by molar-refractivity contribution is 0.214. The molecule has 0 amide bonds. The van der Waals surface area contributed by atoms with Crippen LogP contribution in [-0.4, -0.2) is 20.7 Å². The number of halogens is 2. The maximum atomic E-state index is 11.2. The summed E-state index contributed by atoms with van der Waals surface area (Å²) in [6.07, 6.45) is 0. The fourth-order valence-corrected chi connectivity index (χ4v) is 2.34. The molecule has 0 radical (unpaired) electrons. The maximum Gasteiger partial charge on any atom is 0.262 e. The van der Waals surface area contributed by atoms with E-state index in [4.69, 9.17) is 22.3 Å². The fraction of sp³-hybridized carbons (Fsp3) is 0.125. The SMILES string of the molecule is CO/N=C(\Cl)c1ccccc1S(=O)(=O)Cl. The highest BCUT2D eigenvalue weighted by Crippen LogP contribution is 2.21. The molecule has 82 valence electrons. The lowest BCUT2D eigenvalue weighted by Crippen LogP contribution is -2.01. The number of oxime groups is 1. The predicted molar refractivity (Wildman–Crippen MR) is 58.9 cm³/mol. The molecule has 0 aliphatic rings.